The number of carbonyl (C=O) groups is 5. The molecule has 0 aromatic carbocycles. The highest BCUT2D eigenvalue weighted by Gasteiger charge is 2.33. The average molecular weight is 458 g/mol. The molecular weight excluding hydrogens is 418 g/mol. The summed E-state index contributed by atoms with van der Waals surface area (Å²) < 4.78 is 0. The van der Waals surface area contributed by atoms with Gasteiger partial charge in [-0.05, 0) is 30.6 Å². The lowest BCUT2D eigenvalue weighted by atomic mass is 9.98. The van der Waals surface area contributed by atoms with Crippen LogP contribution >= 0.6 is 0 Å². The van der Waals surface area contributed by atoms with E-state index in [1.54, 1.807) is 27.7 Å². The van der Waals surface area contributed by atoms with Crippen LogP contribution in [0.15, 0.2) is 0 Å². The molecule has 0 aromatic heterocycles. The Kier molecular flexibility index (Phi) is 12.5. The SMILES string of the molecule is CC(C)CC(N)C(=O)NC(C(=O)NC(C(=O)NC(CCC(N)=O)C(=O)O)C(C)C)C(C)C. The van der Waals surface area contributed by atoms with Crippen molar-refractivity contribution in [2.75, 3.05) is 0 Å². The average Bonchev–Trinajstić information content (AvgIpc) is 2.65. The van der Waals surface area contributed by atoms with E-state index in [4.69, 9.17) is 11.5 Å². The zero-order chi connectivity index (χ0) is 25.2. The Morgan fingerprint density at radius 3 is 1.59 bits per heavy atom. The van der Waals surface area contributed by atoms with Crippen molar-refractivity contribution in [1.29, 1.82) is 0 Å². The van der Waals surface area contributed by atoms with E-state index < -0.39 is 53.8 Å². The van der Waals surface area contributed by atoms with Crippen LogP contribution in [0.4, 0.5) is 0 Å². The smallest absolute Gasteiger partial charge is 0.326 e. The molecular formula is C21H39N5O6. The molecule has 0 aliphatic rings. The quantitative estimate of drug-likeness (QED) is 0.202. The van der Waals surface area contributed by atoms with E-state index >= 15 is 0 Å². The molecule has 0 saturated heterocycles. The lowest BCUT2D eigenvalue weighted by Crippen LogP contribution is -2.59. The molecule has 4 atom stereocenters. The third kappa shape index (κ3) is 10.6. The third-order valence-electron chi connectivity index (χ3n) is 4.85. The summed E-state index contributed by atoms with van der Waals surface area (Å²) in [6.45, 7) is 10.7. The first-order valence-electron chi connectivity index (χ1n) is 10.8. The van der Waals surface area contributed by atoms with Crippen molar-refractivity contribution in [2.24, 2.45) is 29.2 Å². The first-order chi connectivity index (χ1) is 14.7. The lowest BCUT2D eigenvalue weighted by molar-refractivity contribution is -0.143. The summed E-state index contributed by atoms with van der Waals surface area (Å²) in [6.07, 6.45) is 0.0682. The minimum atomic E-state index is -1.33. The Labute approximate surface area is 189 Å². The van der Waals surface area contributed by atoms with Crippen molar-refractivity contribution >= 4 is 29.6 Å². The number of amides is 4. The molecule has 4 amide bonds. The minimum Gasteiger partial charge on any atom is -0.480 e. The summed E-state index contributed by atoms with van der Waals surface area (Å²) in [5.41, 5.74) is 11.0. The monoisotopic (exact) mass is 457 g/mol. The number of aliphatic carboxylic acids is 1. The van der Waals surface area contributed by atoms with Crippen LogP contribution in [0.25, 0.3) is 0 Å². The number of carbonyl (C=O) groups excluding carboxylic acids is 4. The Morgan fingerprint density at radius 2 is 1.22 bits per heavy atom. The Hall–Kier alpha value is -2.69. The maximum atomic E-state index is 12.9. The molecule has 0 rings (SSSR count). The number of hydrogen-bond acceptors (Lipinski definition) is 6. The summed E-state index contributed by atoms with van der Waals surface area (Å²) in [5.74, 6) is -4.23. The molecule has 0 fully saturated rings. The van der Waals surface area contributed by atoms with Gasteiger partial charge in [-0.2, -0.15) is 0 Å². The normalized spacial score (nSPS) is 15.1. The second-order valence-corrected chi connectivity index (χ2v) is 9.10. The molecule has 184 valence electrons. The lowest BCUT2D eigenvalue weighted by Gasteiger charge is -2.28. The van der Waals surface area contributed by atoms with Crippen molar-refractivity contribution < 1.29 is 29.1 Å². The number of nitrogens with one attached hydrogen (secondary N) is 3. The Morgan fingerprint density at radius 1 is 0.781 bits per heavy atom. The molecule has 0 heterocycles. The fourth-order valence-electron chi connectivity index (χ4n) is 2.99. The first kappa shape index (κ1) is 29.3. The van der Waals surface area contributed by atoms with Gasteiger partial charge in [0.25, 0.3) is 0 Å². The van der Waals surface area contributed by atoms with Crippen LogP contribution in [-0.4, -0.2) is 58.9 Å². The number of primary amides is 1. The highest BCUT2D eigenvalue weighted by atomic mass is 16.4. The van der Waals surface area contributed by atoms with Crippen LogP contribution in [0.5, 0.6) is 0 Å². The highest BCUT2D eigenvalue weighted by Crippen LogP contribution is 2.09. The van der Waals surface area contributed by atoms with Crippen molar-refractivity contribution in [3.63, 3.8) is 0 Å². The van der Waals surface area contributed by atoms with Crippen LogP contribution in [0.3, 0.4) is 0 Å². The van der Waals surface area contributed by atoms with Crippen molar-refractivity contribution in [2.45, 2.75) is 85.0 Å². The van der Waals surface area contributed by atoms with Gasteiger partial charge in [0.15, 0.2) is 0 Å². The predicted molar refractivity (Wildman–Crippen MR) is 119 cm³/mol. The third-order valence-corrected chi connectivity index (χ3v) is 4.85. The van der Waals surface area contributed by atoms with E-state index in [0.29, 0.717) is 6.42 Å². The number of nitrogens with two attached hydrogens (primary N) is 2. The maximum Gasteiger partial charge on any atom is 0.326 e. The van der Waals surface area contributed by atoms with Gasteiger partial charge < -0.3 is 32.5 Å². The molecule has 0 saturated carbocycles. The molecule has 11 heteroatoms. The van der Waals surface area contributed by atoms with Gasteiger partial charge in [-0.1, -0.05) is 41.5 Å². The highest BCUT2D eigenvalue weighted by molar-refractivity contribution is 5.94. The number of hydrogen-bond donors (Lipinski definition) is 6. The number of carboxylic acid groups (broad SMARTS) is 1. The Balaban J connectivity index is 5.34. The zero-order valence-electron chi connectivity index (χ0n) is 19.8. The molecule has 8 N–H and O–H groups in total. The molecule has 4 unspecified atom stereocenters. The fourth-order valence-corrected chi connectivity index (χ4v) is 2.99. The van der Waals surface area contributed by atoms with Gasteiger partial charge >= 0.3 is 5.97 Å². The van der Waals surface area contributed by atoms with Crippen molar-refractivity contribution in [1.82, 2.24) is 16.0 Å². The van der Waals surface area contributed by atoms with Gasteiger partial charge in [0.05, 0.1) is 6.04 Å². The van der Waals surface area contributed by atoms with Crippen LogP contribution in [0.2, 0.25) is 0 Å². The van der Waals surface area contributed by atoms with E-state index in [-0.39, 0.29) is 30.6 Å². The van der Waals surface area contributed by atoms with Crippen LogP contribution in [0.1, 0.15) is 60.8 Å². The minimum absolute atomic E-state index is 0.173. The molecule has 0 radical (unpaired) electrons. The number of carboxylic acids is 1. The van der Waals surface area contributed by atoms with Gasteiger partial charge in [-0.25, -0.2) is 4.79 Å². The summed E-state index contributed by atoms with van der Waals surface area (Å²) in [5, 5.41) is 16.9. The summed E-state index contributed by atoms with van der Waals surface area (Å²) in [4.78, 5) is 60.4. The van der Waals surface area contributed by atoms with Gasteiger partial charge in [0.2, 0.25) is 23.6 Å². The molecule has 0 aliphatic carbocycles. The molecule has 32 heavy (non-hydrogen) atoms. The van der Waals surface area contributed by atoms with Crippen molar-refractivity contribution in [3.05, 3.63) is 0 Å². The summed E-state index contributed by atoms with van der Waals surface area (Å²) >= 11 is 0. The zero-order valence-corrected chi connectivity index (χ0v) is 19.8. The van der Waals surface area contributed by atoms with E-state index in [1.807, 2.05) is 13.8 Å². The standard InChI is InChI=1S/C21H39N5O6/c1-10(2)9-13(22)18(28)25-17(12(5)6)20(30)26-16(11(3)4)19(29)24-14(21(31)32)7-8-15(23)27/h10-14,16-17H,7-9,22H2,1-6H3,(H2,23,27)(H,24,29)(H,25,28)(H,26,30)(H,31,32). The van der Waals surface area contributed by atoms with E-state index in [2.05, 4.69) is 16.0 Å². The fraction of sp³-hybridized carbons (Fsp3) is 0.762. The molecule has 0 aromatic rings. The largest absolute Gasteiger partial charge is 0.480 e. The van der Waals surface area contributed by atoms with E-state index in [1.165, 1.54) is 0 Å². The van der Waals surface area contributed by atoms with Gasteiger partial charge in [-0.15, -0.1) is 0 Å². The Bertz CT molecular complexity index is 680. The topological polar surface area (TPSA) is 194 Å². The predicted octanol–water partition coefficient (Wildman–Crippen LogP) is -0.524. The first-order valence-corrected chi connectivity index (χ1v) is 10.8. The molecule has 11 nitrogen and oxygen atoms in total. The number of rotatable bonds is 14. The van der Waals surface area contributed by atoms with Crippen LogP contribution < -0.4 is 27.4 Å². The molecule has 0 aliphatic heterocycles. The van der Waals surface area contributed by atoms with Gasteiger partial charge in [0, 0.05) is 6.42 Å². The van der Waals surface area contributed by atoms with Gasteiger partial charge in [0.1, 0.15) is 18.1 Å². The second kappa shape index (κ2) is 13.7. The second-order valence-electron chi connectivity index (χ2n) is 9.10. The maximum absolute atomic E-state index is 12.9. The van der Waals surface area contributed by atoms with Gasteiger partial charge in [-0.3, -0.25) is 19.2 Å². The van der Waals surface area contributed by atoms with Crippen molar-refractivity contribution in [3.8, 4) is 0 Å². The molecule has 0 bridgehead atoms. The van der Waals surface area contributed by atoms with E-state index in [0.717, 1.165) is 0 Å². The molecule has 0 spiro atoms. The van der Waals surface area contributed by atoms with Crippen LogP contribution in [0, 0.1) is 17.8 Å². The summed E-state index contributed by atoms with van der Waals surface area (Å²) in [6, 6.07) is -4.09. The van der Waals surface area contributed by atoms with E-state index in [9.17, 15) is 29.1 Å². The van der Waals surface area contributed by atoms with Crippen LogP contribution in [-0.2, 0) is 24.0 Å². The summed E-state index contributed by atoms with van der Waals surface area (Å²) in [7, 11) is 0.